The maximum atomic E-state index is 12.4. The Morgan fingerprint density at radius 3 is 2.70 bits per heavy atom. The highest BCUT2D eigenvalue weighted by atomic mass is 32.2. The number of rotatable bonds is 4. The molecule has 0 N–H and O–H groups in total. The van der Waals surface area contributed by atoms with Crippen molar-refractivity contribution in [2.75, 3.05) is 0 Å². The van der Waals surface area contributed by atoms with Gasteiger partial charge in [0.25, 0.3) is 5.56 Å². The Kier molecular flexibility index (Phi) is 4.80. The number of hydrogen-bond acceptors (Lipinski definition) is 5. The van der Waals surface area contributed by atoms with Gasteiger partial charge >= 0.3 is 0 Å². The first-order valence-corrected chi connectivity index (χ1v) is 10.2. The molecule has 0 unspecified atom stereocenters. The van der Waals surface area contributed by atoms with Gasteiger partial charge in [-0.05, 0) is 34.2 Å². The molecule has 6 heteroatoms. The molecule has 0 bridgehead atoms. The van der Waals surface area contributed by atoms with E-state index in [-0.39, 0.29) is 5.56 Å². The van der Waals surface area contributed by atoms with E-state index in [2.05, 4.69) is 23.2 Å². The van der Waals surface area contributed by atoms with Crippen LogP contribution in [0.25, 0.3) is 21.3 Å². The summed E-state index contributed by atoms with van der Waals surface area (Å²) in [7, 11) is 1.76. The van der Waals surface area contributed by atoms with E-state index in [0.717, 1.165) is 28.0 Å². The second-order valence-electron chi connectivity index (χ2n) is 6.04. The highest BCUT2D eigenvalue weighted by Gasteiger charge is 2.10. The lowest BCUT2D eigenvalue weighted by atomic mass is 10.00. The molecule has 4 rings (SSSR count). The lowest BCUT2D eigenvalue weighted by Gasteiger charge is -2.08. The largest absolute Gasteiger partial charge is 0.290 e. The smallest absolute Gasteiger partial charge is 0.271 e. The van der Waals surface area contributed by atoms with Crippen LogP contribution in [0.15, 0.2) is 69.9 Å². The first-order chi connectivity index (χ1) is 13.2. The third kappa shape index (κ3) is 3.39. The molecular weight excluding hydrogens is 374 g/mol. The first-order valence-electron chi connectivity index (χ1n) is 8.33. The maximum Gasteiger partial charge on any atom is 0.271 e. The summed E-state index contributed by atoms with van der Waals surface area (Å²) in [5.74, 6) is 0.718. The van der Waals surface area contributed by atoms with Crippen LogP contribution in [0.4, 0.5) is 0 Å². The number of thiophene rings is 1. The quantitative estimate of drug-likeness (QED) is 0.371. The van der Waals surface area contributed by atoms with Crippen molar-refractivity contribution in [3.63, 3.8) is 0 Å². The second-order valence-corrected chi connectivity index (χ2v) is 7.90. The van der Waals surface area contributed by atoms with E-state index in [1.54, 1.807) is 23.4 Å². The molecule has 0 atom stereocenters. The molecule has 0 aliphatic heterocycles. The lowest BCUT2D eigenvalue weighted by Crippen LogP contribution is -2.18. The standard InChI is InChI=1S/C21H15N3OS2/c1-24-20(25)19-18(10-11-26-19)23-21(24)27-13-14-6-8-15(9-7-14)17-5-3-2-4-16(17)12-22/h2-11H,13H2,1H3. The van der Waals surface area contributed by atoms with Gasteiger partial charge in [0.1, 0.15) is 4.70 Å². The van der Waals surface area contributed by atoms with Crippen molar-refractivity contribution in [1.82, 2.24) is 9.55 Å². The topological polar surface area (TPSA) is 58.7 Å². The Hall–Kier alpha value is -2.88. The Balaban J connectivity index is 1.55. The van der Waals surface area contributed by atoms with Crippen molar-refractivity contribution in [1.29, 1.82) is 5.26 Å². The van der Waals surface area contributed by atoms with Crippen LogP contribution in [-0.4, -0.2) is 9.55 Å². The normalized spacial score (nSPS) is 10.8. The maximum absolute atomic E-state index is 12.4. The molecule has 27 heavy (non-hydrogen) atoms. The molecule has 2 heterocycles. The minimum Gasteiger partial charge on any atom is -0.290 e. The molecule has 0 saturated heterocycles. The molecule has 2 aromatic carbocycles. The van der Waals surface area contributed by atoms with Crippen LogP contribution in [0.5, 0.6) is 0 Å². The fourth-order valence-electron chi connectivity index (χ4n) is 2.86. The number of aromatic nitrogens is 2. The fourth-order valence-corrected chi connectivity index (χ4v) is 4.59. The van der Waals surface area contributed by atoms with Crippen LogP contribution in [0.3, 0.4) is 0 Å². The average Bonchev–Trinajstić information content (AvgIpc) is 3.19. The zero-order valence-electron chi connectivity index (χ0n) is 14.5. The van der Waals surface area contributed by atoms with Crippen molar-refractivity contribution in [2.24, 2.45) is 7.05 Å². The molecule has 0 aliphatic rings. The van der Waals surface area contributed by atoms with E-state index in [4.69, 9.17) is 0 Å². The van der Waals surface area contributed by atoms with Gasteiger partial charge in [0, 0.05) is 12.8 Å². The number of fused-ring (bicyclic) bond motifs is 1. The predicted molar refractivity (Wildman–Crippen MR) is 111 cm³/mol. The highest BCUT2D eigenvalue weighted by molar-refractivity contribution is 7.98. The molecule has 0 amide bonds. The highest BCUT2D eigenvalue weighted by Crippen LogP contribution is 2.26. The van der Waals surface area contributed by atoms with Gasteiger partial charge in [0.05, 0.1) is 17.1 Å². The van der Waals surface area contributed by atoms with Gasteiger partial charge in [0.2, 0.25) is 0 Å². The summed E-state index contributed by atoms with van der Waals surface area (Å²) in [5, 5.41) is 11.9. The second kappa shape index (κ2) is 7.39. The van der Waals surface area contributed by atoms with E-state index < -0.39 is 0 Å². The average molecular weight is 390 g/mol. The van der Waals surface area contributed by atoms with Gasteiger partial charge in [0.15, 0.2) is 5.16 Å². The number of nitrogens with zero attached hydrogens (tertiary/aromatic N) is 3. The monoisotopic (exact) mass is 389 g/mol. The summed E-state index contributed by atoms with van der Waals surface area (Å²) in [6.45, 7) is 0. The summed E-state index contributed by atoms with van der Waals surface area (Å²) < 4.78 is 2.31. The van der Waals surface area contributed by atoms with Crippen LogP contribution in [-0.2, 0) is 12.8 Å². The van der Waals surface area contributed by atoms with Gasteiger partial charge in [-0.15, -0.1) is 11.3 Å². The third-order valence-corrected chi connectivity index (χ3v) is 6.32. The van der Waals surface area contributed by atoms with Crippen molar-refractivity contribution < 1.29 is 0 Å². The van der Waals surface area contributed by atoms with Crippen molar-refractivity contribution in [3.8, 4) is 17.2 Å². The molecule has 4 nitrogen and oxygen atoms in total. The summed E-state index contributed by atoms with van der Waals surface area (Å²) in [6.07, 6.45) is 0. The molecule has 0 saturated carbocycles. The fraction of sp³-hybridized carbons (Fsp3) is 0.0952. The summed E-state index contributed by atoms with van der Waals surface area (Å²) in [6, 6.07) is 19.9. The van der Waals surface area contributed by atoms with Crippen molar-refractivity contribution in [2.45, 2.75) is 10.9 Å². The van der Waals surface area contributed by atoms with Crippen LogP contribution >= 0.6 is 23.1 Å². The third-order valence-electron chi connectivity index (χ3n) is 4.33. The van der Waals surface area contributed by atoms with E-state index in [9.17, 15) is 10.1 Å². The van der Waals surface area contributed by atoms with Crippen LogP contribution < -0.4 is 5.56 Å². The van der Waals surface area contributed by atoms with E-state index in [1.165, 1.54) is 11.3 Å². The van der Waals surface area contributed by atoms with E-state index in [1.807, 2.05) is 47.8 Å². The van der Waals surface area contributed by atoms with E-state index in [0.29, 0.717) is 15.4 Å². The summed E-state index contributed by atoms with van der Waals surface area (Å²) >= 11 is 2.97. The minimum atomic E-state index is 0.000887. The first kappa shape index (κ1) is 17.5. The number of benzene rings is 2. The summed E-state index contributed by atoms with van der Waals surface area (Å²) in [5.41, 5.74) is 4.52. The van der Waals surface area contributed by atoms with Gasteiger partial charge in [-0.1, -0.05) is 54.2 Å². The number of thioether (sulfide) groups is 1. The Bertz CT molecular complexity index is 1220. The van der Waals surface area contributed by atoms with Gasteiger partial charge in [-0.25, -0.2) is 4.98 Å². The van der Waals surface area contributed by atoms with Crippen LogP contribution in [0.2, 0.25) is 0 Å². The van der Waals surface area contributed by atoms with Gasteiger partial charge in [-0.3, -0.25) is 9.36 Å². The zero-order chi connectivity index (χ0) is 18.8. The Morgan fingerprint density at radius 2 is 1.93 bits per heavy atom. The van der Waals surface area contributed by atoms with Crippen molar-refractivity contribution in [3.05, 3.63) is 81.5 Å². The molecule has 132 valence electrons. The minimum absolute atomic E-state index is 0.000887. The Morgan fingerprint density at radius 1 is 1.15 bits per heavy atom. The molecular formula is C21H15N3OS2. The summed E-state index contributed by atoms with van der Waals surface area (Å²) in [4.78, 5) is 17.0. The molecule has 2 aromatic heterocycles. The lowest BCUT2D eigenvalue weighted by molar-refractivity contribution is 0.728. The van der Waals surface area contributed by atoms with Crippen LogP contribution in [0, 0.1) is 11.3 Å². The molecule has 0 fully saturated rings. The predicted octanol–water partition coefficient (Wildman–Crippen LogP) is 4.83. The molecule has 4 aromatic rings. The van der Waals surface area contributed by atoms with Gasteiger partial charge in [-0.2, -0.15) is 5.26 Å². The zero-order valence-corrected chi connectivity index (χ0v) is 16.2. The SMILES string of the molecule is Cn1c(SCc2ccc(-c3ccccc3C#N)cc2)nc2ccsc2c1=O. The molecule has 0 radical (unpaired) electrons. The van der Waals surface area contributed by atoms with Crippen molar-refractivity contribution >= 4 is 33.3 Å². The number of hydrogen-bond donors (Lipinski definition) is 0. The Labute approximate surface area is 164 Å². The van der Waals surface area contributed by atoms with E-state index >= 15 is 0 Å². The molecule has 0 aliphatic carbocycles. The van der Waals surface area contributed by atoms with Gasteiger partial charge < -0.3 is 0 Å². The molecule has 0 spiro atoms. The van der Waals surface area contributed by atoms with Crippen LogP contribution in [0.1, 0.15) is 11.1 Å². The number of nitriles is 1.